The topological polar surface area (TPSA) is 63.1 Å². The monoisotopic (exact) mass is 232 g/mol. The summed E-state index contributed by atoms with van der Waals surface area (Å²) in [5.74, 6) is -1.33. The summed E-state index contributed by atoms with van der Waals surface area (Å²) in [6.45, 7) is 0. The summed E-state index contributed by atoms with van der Waals surface area (Å²) in [4.78, 5) is 18.7. The first-order chi connectivity index (χ1) is 8.16. The number of aliphatic carboxylic acids is 1. The van der Waals surface area contributed by atoms with Gasteiger partial charge < -0.3 is 5.11 Å². The van der Waals surface area contributed by atoms with Crippen molar-refractivity contribution in [3.05, 3.63) is 48.2 Å². The maximum absolute atomic E-state index is 12.8. The molecule has 2 rings (SSSR count). The van der Waals surface area contributed by atoms with E-state index in [0.29, 0.717) is 17.0 Å². The van der Waals surface area contributed by atoms with Crippen molar-refractivity contribution in [2.75, 3.05) is 0 Å². The predicted molar refractivity (Wildman–Crippen MR) is 58.8 cm³/mol. The number of nitrogens with zero attached hydrogens (tertiary/aromatic N) is 2. The van der Waals surface area contributed by atoms with Crippen LogP contribution in [0.25, 0.3) is 11.3 Å². The predicted octanol–water partition coefficient (Wildman–Crippen LogP) is 1.91. The molecular formula is C12H9FN2O2. The van der Waals surface area contributed by atoms with Gasteiger partial charge in [0.05, 0.1) is 17.8 Å². The van der Waals surface area contributed by atoms with E-state index in [0.717, 1.165) is 0 Å². The molecule has 0 radical (unpaired) electrons. The molecule has 1 N–H and O–H groups in total. The Kier molecular flexibility index (Phi) is 3.09. The first-order valence-corrected chi connectivity index (χ1v) is 4.94. The molecule has 5 heteroatoms. The number of carbonyl (C=O) groups is 1. The average molecular weight is 232 g/mol. The number of carboxylic acids is 1. The van der Waals surface area contributed by atoms with E-state index in [1.165, 1.54) is 24.5 Å². The second-order valence-corrected chi connectivity index (χ2v) is 3.43. The third-order valence-electron chi connectivity index (χ3n) is 2.21. The van der Waals surface area contributed by atoms with Gasteiger partial charge in [-0.15, -0.1) is 0 Å². The van der Waals surface area contributed by atoms with Gasteiger partial charge in [0.1, 0.15) is 5.82 Å². The normalized spacial score (nSPS) is 10.2. The Bertz CT molecular complexity index is 540. The number of rotatable bonds is 3. The summed E-state index contributed by atoms with van der Waals surface area (Å²) in [6.07, 6.45) is 2.70. The van der Waals surface area contributed by atoms with Crippen molar-refractivity contribution in [1.82, 2.24) is 9.97 Å². The van der Waals surface area contributed by atoms with Crippen LogP contribution in [0.4, 0.5) is 4.39 Å². The Hall–Kier alpha value is -2.30. The SMILES string of the molecule is O=C(O)Cc1nccnc1-c1ccc(F)cc1. The van der Waals surface area contributed by atoms with Crippen LogP contribution in [0, 0.1) is 5.82 Å². The van der Waals surface area contributed by atoms with Crippen LogP contribution in [0.2, 0.25) is 0 Å². The van der Waals surface area contributed by atoms with E-state index in [1.54, 1.807) is 12.1 Å². The zero-order chi connectivity index (χ0) is 12.3. The highest BCUT2D eigenvalue weighted by Gasteiger charge is 2.10. The smallest absolute Gasteiger partial charge is 0.309 e. The number of hydrogen-bond acceptors (Lipinski definition) is 3. The van der Waals surface area contributed by atoms with Crippen LogP contribution in [0.5, 0.6) is 0 Å². The van der Waals surface area contributed by atoms with Crippen molar-refractivity contribution in [2.45, 2.75) is 6.42 Å². The minimum atomic E-state index is -0.978. The van der Waals surface area contributed by atoms with E-state index in [-0.39, 0.29) is 12.2 Å². The van der Waals surface area contributed by atoms with Gasteiger partial charge in [0, 0.05) is 18.0 Å². The van der Waals surface area contributed by atoms with Gasteiger partial charge in [-0.3, -0.25) is 14.8 Å². The third kappa shape index (κ3) is 2.63. The van der Waals surface area contributed by atoms with Gasteiger partial charge in [-0.25, -0.2) is 4.39 Å². The first-order valence-electron chi connectivity index (χ1n) is 4.94. The first kappa shape index (κ1) is 11.2. The van der Waals surface area contributed by atoms with E-state index >= 15 is 0 Å². The maximum Gasteiger partial charge on any atom is 0.309 e. The summed E-state index contributed by atoms with van der Waals surface area (Å²) in [5.41, 5.74) is 1.48. The number of hydrogen-bond donors (Lipinski definition) is 1. The van der Waals surface area contributed by atoms with Gasteiger partial charge in [-0.2, -0.15) is 0 Å². The standard InChI is InChI=1S/C12H9FN2O2/c13-9-3-1-8(2-4-9)12-10(7-11(16)17)14-5-6-15-12/h1-6H,7H2,(H,16,17). The third-order valence-corrected chi connectivity index (χ3v) is 2.21. The van der Waals surface area contributed by atoms with Gasteiger partial charge in [-0.05, 0) is 24.3 Å². The van der Waals surface area contributed by atoms with E-state index in [4.69, 9.17) is 5.11 Å². The molecule has 1 heterocycles. The number of halogens is 1. The molecule has 0 saturated carbocycles. The van der Waals surface area contributed by atoms with Gasteiger partial charge in [0.25, 0.3) is 0 Å². The fraction of sp³-hybridized carbons (Fsp3) is 0.0833. The van der Waals surface area contributed by atoms with Gasteiger partial charge >= 0.3 is 5.97 Å². The van der Waals surface area contributed by atoms with Crippen molar-refractivity contribution in [3.8, 4) is 11.3 Å². The molecule has 0 bridgehead atoms. The Labute approximate surface area is 96.8 Å². The van der Waals surface area contributed by atoms with E-state index < -0.39 is 5.97 Å². The lowest BCUT2D eigenvalue weighted by Gasteiger charge is -2.05. The largest absolute Gasteiger partial charge is 0.481 e. The highest BCUT2D eigenvalue weighted by molar-refractivity contribution is 5.73. The van der Waals surface area contributed by atoms with Gasteiger partial charge in [0.15, 0.2) is 0 Å². The number of benzene rings is 1. The minimum absolute atomic E-state index is 0.208. The van der Waals surface area contributed by atoms with Crippen LogP contribution in [0.15, 0.2) is 36.7 Å². The maximum atomic E-state index is 12.8. The molecule has 86 valence electrons. The molecule has 0 unspecified atom stereocenters. The van der Waals surface area contributed by atoms with Crippen LogP contribution in [-0.4, -0.2) is 21.0 Å². The van der Waals surface area contributed by atoms with E-state index in [9.17, 15) is 9.18 Å². The summed E-state index contributed by atoms with van der Waals surface area (Å²) in [5, 5.41) is 8.75. The molecule has 2 aromatic rings. The zero-order valence-electron chi connectivity index (χ0n) is 8.80. The molecule has 1 aromatic heterocycles. The van der Waals surface area contributed by atoms with Gasteiger partial charge in [0.2, 0.25) is 0 Å². The van der Waals surface area contributed by atoms with Crippen molar-refractivity contribution >= 4 is 5.97 Å². The Balaban J connectivity index is 2.44. The highest BCUT2D eigenvalue weighted by atomic mass is 19.1. The lowest BCUT2D eigenvalue weighted by Crippen LogP contribution is -2.05. The zero-order valence-corrected chi connectivity index (χ0v) is 8.80. The Morgan fingerprint density at radius 1 is 1.18 bits per heavy atom. The fourth-order valence-electron chi connectivity index (χ4n) is 1.49. The van der Waals surface area contributed by atoms with Crippen LogP contribution in [-0.2, 0) is 11.2 Å². The molecule has 0 fully saturated rings. The van der Waals surface area contributed by atoms with Crippen molar-refractivity contribution in [2.24, 2.45) is 0 Å². The van der Waals surface area contributed by atoms with Crippen LogP contribution in [0.3, 0.4) is 0 Å². The molecule has 0 spiro atoms. The van der Waals surface area contributed by atoms with E-state index in [1.807, 2.05) is 0 Å². The molecule has 4 nitrogen and oxygen atoms in total. The Morgan fingerprint density at radius 2 is 1.82 bits per heavy atom. The molecular weight excluding hydrogens is 223 g/mol. The second kappa shape index (κ2) is 4.69. The summed E-state index contributed by atoms with van der Waals surface area (Å²) < 4.78 is 12.8. The van der Waals surface area contributed by atoms with Crippen LogP contribution < -0.4 is 0 Å². The van der Waals surface area contributed by atoms with Gasteiger partial charge in [-0.1, -0.05) is 0 Å². The summed E-state index contributed by atoms with van der Waals surface area (Å²) >= 11 is 0. The lowest BCUT2D eigenvalue weighted by atomic mass is 10.1. The van der Waals surface area contributed by atoms with Crippen LogP contribution >= 0.6 is 0 Å². The number of carboxylic acid groups (broad SMARTS) is 1. The molecule has 0 atom stereocenters. The van der Waals surface area contributed by atoms with Crippen molar-refractivity contribution < 1.29 is 14.3 Å². The minimum Gasteiger partial charge on any atom is -0.481 e. The molecule has 0 amide bonds. The van der Waals surface area contributed by atoms with Crippen molar-refractivity contribution in [1.29, 1.82) is 0 Å². The van der Waals surface area contributed by atoms with E-state index in [2.05, 4.69) is 9.97 Å². The molecule has 0 aliphatic heterocycles. The molecule has 1 aromatic carbocycles. The number of aromatic nitrogens is 2. The lowest BCUT2D eigenvalue weighted by molar-refractivity contribution is -0.136. The summed E-state index contributed by atoms with van der Waals surface area (Å²) in [6, 6.07) is 5.69. The summed E-state index contributed by atoms with van der Waals surface area (Å²) in [7, 11) is 0. The molecule has 0 aliphatic rings. The fourth-order valence-corrected chi connectivity index (χ4v) is 1.49. The molecule has 0 saturated heterocycles. The Morgan fingerprint density at radius 3 is 2.47 bits per heavy atom. The average Bonchev–Trinajstić information content (AvgIpc) is 2.30. The highest BCUT2D eigenvalue weighted by Crippen LogP contribution is 2.20. The second-order valence-electron chi connectivity index (χ2n) is 3.43. The quantitative estimate of drug-likeness (QED) is 0.877. The van der Waals surface area contributed by atoms with Crippen LogP contribution in [0.1, 0.15) is 5.69 Å². The molecule has 0 aliphatic carbocycles. The molecule has 17 heavy (non-hydrogen) atoms. The van der Waals surface area contributed by atoms with Crippen molar-refractivity contribution in [3.63, 3.8) is 0 Å².